The lowest BCUT2D eigenvalue weighted by molar-refractivity contribution is -0.148. The van der Waals surface area contributed by atoms with Gasteiger partial charge in [0.15, 0.2) is 0 Å². The summed E-state index contributed by atoms with van der Waals surface area (Å²) in [6.45, 7) is 11.9. The third kappa shape index (κ3) is 11.5. The van der Waals surface area contributed by atoms with E-state index >= 15 is 0 Å². The SMILES string of the molecule is CN[C@H](C(=O)N[C@H](C(=O)N(C)[C@@H](C1CCCCC1)[C@@H](CC(=O)N1CCC[C@H]1[C@H](OC)[C@@H](C)C(=O)N[C@H](C)[C@@H](O)c1ccccc1)OC)C(C)C)C(C)C. The third-order valence-corrected chi connectivity index (χ3v) is 11.6. The maximum atomic E-state index is 14.3. The molecule has 4 N–H and O–H groups in total. The van der Waals surface area contributed by atoms with E-state index in [0.29, 0.717) is 18.5 Å². The summed E-state index contributed by atoms with van der Waals surface area (Å²) >= 11 is 0. The molecule has 0 spiro atoms. The lowest BCUT2D eigenvalue weighted by Gasteiger charge is -2.43. The number of nitrogens with one attached hydrogen (secondary N) is 3. The summed E-state index contributed by atoms with van der Waals surface area (Å²) in [4.78, 5) is 59.0. The number of methoxy groups -OCH3 is 2. The number of ether oxygens (including phenoxy) is 2. The number of benzene rings is 1. The van der Waals surface area contributed by atoms with Gasteiger partial charge in [-0.05, 0) is 63.0 Å². The second kappa shape index (κ2) is 21.1. The van der Waals surface area contributed by atoms with Crippen LogP contribution in [0.2, 0.25) is 0 Å². The zero-order chi connectivity index (χ0) is 39.4. The first-order valence-corrected chi connectivity index (χ1v) is 19.8. The highest BCUT2D eigenvalue weighted by Crippen LogP contribution is 2.34. The number of hydrogen-bond donors (Lipinski definition) is 4. The Labute approximate surface area is 318 Å². The van der Waals surface area contributed by atoms with Gasteiger partial charge in [0.2, 0.25) is 23.6 Å². The summed E-state index contributed by atoms with van der Waals surface area (Å²) in [5.74, 6) is -1.35. The van der Waals surface area contributed by atoms with Crippen LogP contribution in [0.3, 0.4) is 0 Å². The van der Waals surface area contributed by atoms with Gasteiger partial charge in [-0.25, -0.2) is 0 Å². The van der Waals surface area contributed by atoms with Crippen molar-refractivity contribution in [3.8, 4) is 0 Å². The van der Waals surface area contributed by atoms with E-state index in [-0.39, 0.29) is 59.9 Å². The van der Waals surface area contributed by atoms with Crippen LogP contribution < -0.4 is 16.0 Å². The Morgan fingerprint density at radius 3 is 2.02 bits per heavy atom. The van der Waals surface area contributed by atoms with Gasteiger partial charge in [0.25, 0.3) is 0 Å². The molecule has 12 nitrogen and oxygen atoms in total. The van der Waals surface area contributed by atoms with E-state index in [2.05, 4.69) is 16.0 Å². The van der Waals surface area contributed by atoms with E-state index in [1.165, 1.54) is 0 Å². The molecular formula is C41H69N5O7. The second-order valence-electron chi connectivity index (χ2n) is 16.0. The van der Waals surface area contributed by atoms with Crippen molar-refractivity contribution in [2.75, 3.05) is 34.9 Å². The van der Waals surface area contributed by atoms with Crippen LogP contribution in [0, 0.1) is 23.7 Å². The van der Waals surface area contributed by atoms with Gasteiger partial charge >= 0.3 is 0 Å². The fraction of sp³-hybridized carbons (Fsp3) is 0.756. The van der Waals surface area contributed by atoms with Crippen LogP contribution in [-0.4, -0.2) is 116 Å². The standard InChI is InChI=1S/C41H69N5O7/c1-25(2)34(42-7)40(50)44-35(26(3)4)41(51)45(8)36(29-18-13-11-14-19-29)32(52-9)24-33(47)46-23-17-22-31(46)38(53-10)27(5)39(49)43-28(6)37(48)30-20-15-12-16-21-30/h12,15-16,20-21,25-29,31-32,34-38,42,48H,11,13-14,17-19,22-24H2,1-10H3,(H,43,49)(H,44,50)/t27-,28-,31+,32-,34+,35+,36+,37-,38-/m1/s1. The Balaban J connectivity index is 1.79. The topological polar surface area (TPSA) is 150 Å². The third-order valence-electron chi connectivity index (χ3n) is 11.6. The van der Waals surface area contributed by atoms with Crippen molar-refractivity contribution in [2.45, 2.75) is 141 Å². The molecule has 0 bridgehead atoms. The molecule has 1 aliphatic heterocycles. The molecule has 1 heterocycles. The van der Waals surface area contributed by atoms with Crippen LogP contribution in [0.4, 0.5) is 0 Å². The Bertz CT molecular complexity index is 1310. The summed E-state index contributed by atoms with van der Waals surface area (Å²) in [6, 6.07) is 6.81. The minimum Gasteiger partial charge on any atom is -0.386 e. The number of amides is 4. The first-order valence-electron chi connectivity index (χ1n) is 19.8. The molecule has 300 valence electrons. The summed E-state index contributed by atoms with van der Waals surface area (Å²) < 4.78 is 12.1. The van der Waals surface area contributed by atoms with Crippen LogP contribution >= 0.6 is 0 Å². The quantitative estimate of drug-likeness (QED) is 0.166. The number of likely N-dealkylation sites (tertiary alicyclic amines) is 1. The average Bonchev–Trinajstić information content (AvgIpc) is 3.63. The maximum absolute atomic E-state index is 14.3. The van der Waals surface area contributed by atoms with E-state index in [4.69, 9.17) is 9.47 Å². The van der Waals surface area contributed by atoms with Crippen molar-refractivity contribution in [1.82, 2.24) is 25.8 Å². The Morgan fingerprint density at radius 1 is 0.849 bits per heavy atom. The van der Waals surface area contributed by atoms with Gasteiger partial charge in [-0.15, -0.1) is 0 Å². The second-order valence-corrected chi connectivity index (χ2v) is 16.0. The van der Waals surface area contributed by atoms with Crippen LogP contribution in [0.5, 0.6) is 0 Å². The number of carbonyl (C=O) groups is 4. The Morgan fingerprint density at radius 2 is 1.47 bits per heavy atom. The monoisotopic (exact) mass is 744 g/mol. The van der Waals surface area contributed by atoms with Crippen molar-refractivity contribution in [3.63, 3.8) is 0 Å². The highest BCUT2D eigenvalue weighted by Gasteiger charge is 2.44. The largest absolute Gasteiger partial charge is 0.386 e. The number of aliphatic hydroxyl groups excluding tert-OH is 1. The molecule has 1 aromatic rings. The van der Waals surface area contributed by atoms with Gasteiger partial charge in [0.1, 0.15) is 6.04 Å². The van der Waals surface area contributed by atoms with Crippen molar-refractivity contribution in [3.05, 3.63) is 35.9 Å². The number of carbonyl (C=O) groups excluding carboxylic acids is 4. The van der Waals surface area contributed by atoms with Crippen LogP contribution in [-0.2, 0) is 28.7 Å². The van der Waals surface area contributed by atoms with Crippen molar-refractivity contribution < 1.29 is 33.8 Å². The zero-order valence-electron chi connectivity index (χ0n) is 34.0. The molecule has 12 heteroatoms. The predicted octanol–water partition coefficient (Wildman–Crippen LogP) is 4.06. The van der Waals surface area contributed by atoms with E-state index in [9.17, 15) is 24.3 Å². The summed E-state index contributed by atoms with van der Waals surface area (Å²) in [6.07, 6.45) is 4.57. The number of aliphatic hydroxyl groups is 1. The molecule has 0 aromatic heterocycles. The molecule has 2 aliphatic rings. The zero-order valence-corrected chi connectivity index (χ0v) is 34.0. The normalized spacial score (nSPS) is 21.3. The van der Waals surface area contributed by atoms with Crippen LogP contribution in [0.15, 0.2) is 30.3 Å². The molecule has 4 amide bonds. The molecule has 0 unspecified atom stereocenters. The number of nitrogens with zero attached hydrogens (tertiary/aromatic N) is 2. The molecule has 1 saturated carbocycles. The highest BCUT2D eigenvalue weighted by molar-refractivity contribution is 5.90. The van der Waals surface area contributed by atoms with Crippen molar-refractivity contribution >= 4 is 23.6 Å². The first-order chi connectivity index (χ1) is 25.2. The first kappa shape index (κ1) is 44.3. The van der Waals surface area contributed by atoms with Gasteiger partial charge < -0.3 is 40.3 Å². The highest BCUT2D eigenvalue weighted by atomic mass is 16.5. The number of rotatable bonds is 19. The van der Waals surface area contributed by atoms with E-state index < -0.39 is 42.4 Å². The van der Waals surface area contributed by atoms with Crippen molar-refractivity contribution in [1.29, 1.82) is 0 Å². The molecule has 1 aromatic carbocycles. The average molecular weight is 744 g/mol. The minimum atomic E-state index is -0.872. The molecular weight excluding hydrogens is 674 g/mol. The van der Waals surface area contributed by atoms with Gasteiger partial charge in [-0.3, -0.25) is 19.2 Å². The fourth-order valence-electron chi connectivity index (χ4n) is 8.53. The van der Waals surface area contributed by atoms with Crippen LogP contribution in [0.1, 0.15) is 105 Å². The van der Waals surface area contributed by atoms with E-state index in [0.717, 1.165) is 38.5 Å². The van der Waals surface area contributed by atoms with Crippen molar-refractivity contribution in [2.24, 2.45) is 23.7 Å². The van der Waals surface area contributed by atoms with Gasteiger partial charge in [0, 0.05) is 27.8 Å². The lowest BCUT2D eigenvalue weighted by atomic mass is 9.80. The van der Waals surface area contributed by atoms with Gasteiger partial charge in [-0.1, -0.05) is 84.2 Å². The molecule has 0 radical (unpaired) electrons. The minimum absolute atomic E-state index is 0.0418. The fourth-order valence-corrected chi connectivity index (χ4v) is 8.53. The molecule has 3 rings (SSSR count). The molecule has 1 aliphatic carbocycles. The smallest absolute Gasteiger partial charge is 0.245 e. The molecule has 1 saturated heterocycles. The molecule has 9 atom stereocenters. The number of likely N-dealkylation sites (N-methyl/N-ethyl adjacent to an activating group) is 2. The predicted molar refractivity (Wildman–Crippen MR) is 207 cm³/mol. The molecule has 2 fully saturated rings. The van der Waals surface area contributed by atoms with E-state index in [1.54, 1.807) is 47.1 Å². The van der Waals surface area contributed by atoms with Gasteiger partial charge in [-0.2, -0.15) is 0 Å². The lowest BCUT2D eigenvalue weighted by Crippen LogP contribution is -2.60. The number of hydrogen-bond acceptors (Lipinski definition) is 8. The summed E-state index contributed by atoms with van der Waals surface area (Å²) in [5.41, 5.74) is 0.716. The summed E-state index contributed by atoms with van der Waals surface area (Å²) in [7, 11) is 6.70. The van der Waals surface area contributed by atoms with Gasteiger partial charge in [0.05, 0.1) is 54.8 Å². The Kier molecular flexibility index (Phi) is 17.7. The maximum Gasteiger partial charge on any atom is 0.245 e. The van der Waals surface area contributed by atoms with Crippen LogP contribution in [0.25, 0.3) is 0 Å². The molecule has 53 heavy (non-hydrogen) atoms. The Hall–Kier alpha value is -3.06. The van der Waals surface area contributed by atoms with E-state index in [1.807, 2.05) is 62.9 Å². The summed E-state index contributed by atoms with van der Waals surface area (Å²) in [5, 5.41) is 19.9.